The van der Waals surface area contributed by atoms with E-state index in [0.29, 0.717) is 36.7 Å². The smallest absolute Gasteiger partial charge is 0.407 e. The molecule has 5 aromatic rings. The molecule has 1 saturated heterocycles. The van der Waals surface area contributed by atoms with Gasteiger partial charge in [0.1, 0.15) is 17.7 Å². The maximum absolute atomic E-state index is 13.7. The lowest BCUT2D eigenvalue weighted by molar-refractivity contribution is -0.137. The zero-order valence-electron chi connectivity index (χ0n) is 34.4. The average molecular weight is 799 g/mol. The molecular weight excluding hydrogens is 745 g/mol. The van der Waals surface area contributed by atoms with Crippen LogP contribution in [0.2, 0.25) is 0 Å². The largest absolute Gasteiger partial charge is 0.453 e. The van der Waals surface area contributed by atoms with E-state index in [-0.39, 0.29) is 29.7 Å². The van der Waals surface area contributed by atoms with Crippen molar-refractivity contribution in [1.82, 2.24) is 40.5 Å². The quantitative estimate of drug-likeness (QED) is 0.0949. The van der Waals surface area contributed by atoms with Crippen LogP contribution in [0.15, 0.2) is 79.3 Å². The van der Waals surface area contributed by atoms with Crippen LogP contribution in [-0.2, 0) is 25.6 Å². The van der Waals surface area contributed by atoms with E-state index >= 15 is 0 Å². The summed E-state index contributed by atoms with van der Waals surface area (Å²) in [5, 5.41) is 5.86. The molecule has 2 aliphatic carbocycles. The van der Waals surface area contributed by atoms with Crippen molar-refractivity contribution in [3.8, 4) is 33.6 Å². The fourth-order valence-corrected chi connectivity index (χ4v) is 9.44. The number of likely N-dealkylation sites (tertiary alicyclic amines) is 1. The number of nitrogens with one attached hydrogen (secondary N) is 4. The SMILES string of the molecule is COC(=O)N[C@H](C(=O)N1CCC[C@H]1c1ncc(-c2ccc(-c3ccc(-c4cnc([C@@H]5C6CCC(C6)C5C(=O)NCc5ccc(C(C)C)nc5)[nH]4)cc3)cc2)[nH]1)[C@@H](C)OC. The van der Waals surface area contributed by atoms with Gasteiger partial charge in [0.05, 0.1) is 49.0 Å². The Morgan fingerprint density at radius 1 is 0.780 bits per heavy atom. The topological polar surface area (TPSA) is 167 Å². The van der Waals surface area contributed by atoms with Gasteiger partial charge in [-0.25, -0.2) is 14.8 Å². The number of carbonyl (C=O) groups excluding carboxylic acids is 3. The number of aromatic nitrogens is 5. The van der Waals surface area contributed by atoms with Gasteiger partial charge in [-0.3, -0.25) is 14.6 Å². The van der Waals surface area contributed by atoms with Crippen LogP contribution in [0.5, 0.6) is 0 Å². The van der Waals surface area contributed by atoms with Gasteiger partial charge in [0.15, 0.2) is 0 Å². The van der Waals surface area contributed by atoms with Gasteiger partial charge in [-0.1, -0.05) is 68.4 Å². The minimum Gasteiger partial charge on any atom is -0.453 e. The standard InChI is InChI=1S/C46H54N8O5/c1-26(2)35-19-8-28(22-47-35)23-50-44(55)40-34-18-17-33(21-34)39(40)43-49-25-37(52-43)32-15-11-30(12-16-32)29-9-13-31(14-10-29)36-24-48-42(51-36)38-7-6-20-54(38)45(56)41(27(3)58-4)53-46(57)59-5/h8-16,19,22,24-27,33-34,38-41H,6-7,17-18,20-21,23H2,1-5H3,(H,48,51)(H,49,52)(H,50,55)(H,53,57)/t27-,33?,34?,38+,39-,40?,41+/m1/s1. The first kappa shape index (κ1) is 40.0. The number of carbonyl (C=O) groups is 3. The van der Waals surface area contributed by atoms with Crippen LogP contribution in [0.4, 0.5) is 4.79 Å². The van der Waals surface area contributed by atoms with Gasteiger partial charge in [0.2, 0.25) is 11.8 Å². The van der Waals surface area contributed by atoms with Crippen molar-refractivity contribution >= 4 is 17.9 Å². The van der Waals surface area contributed by atoms with Crippen molar-refractivity contribution in [2.45, 2.75) is 89.4 Å². The first-order valence-corrected chi connectivity index (χ1v) is 20.8. The van der Waals surface area contributed by atoms with Gasteiger partial charge >= 0.3 is 6.09 Å². The molecule has 308 valence electrons. The highest BCUT2D eigenvalue weighted by atomic mass is 16.5. The molecule has 3 amide bonds. The average Bonchev–Trinajstić information content (AvgIpc) is 4.13. The van der Waals surface area contributed by atoms with Crippen molar-refractivity contribution in [3.05, 3.63) is 102 Å². The lowest BCUT2D eigenvalue weighted by atomic mass is 9.78. The van der Waals surface area contributed by atoms with E-state index in [4.69, 9.17) is 14.5 Å². The Hall–Kier alpha value is -5.82. The number of imidazole rings is 2. The van der Waals surface area contributed by atoms with Gasteiger partial charge in [-0.2, -0.15) is 0 Å². The number of rotatable bonds is 13. The fourth-order valence-electron chi connectivity index (χ4n) is 9.44. The summed E-state index contributed by atoms with van der Waals surface area (Å²) in [6.07, 6.45) is 9.23. The molecule has 7 atom stereocenters. The van der Waals surface area contributed by atoms with Crippen LogP contribution in [-0.4, -0.2) is 80.6 Å². The molecule has 2 aromatic carbocycles. The minimum absolute atomic E-state index is 0.0830. The van der Waals surface area contributed by atoms with E-state index in [2.05, 4.69) is 99.0 Å². The Morgan fingerprint density at radius 2 is 1.41 bits per heavy atom. The summed E-state index contributed by atoms with van der Waals surface area (Å²) in [4.78, 5) is 62.3. The second kappa shape index (κ2) is 17.2. The highest BCUT2D eigenvalue weighted by Crippen LogP contribution is 2.56. The maximum atomic E-state index is 13.7. The highest BCUT2D eigenvalue weighted by Gasteiger charge is 2.52. The van der Waals surface area contributed by atoms with Crippen LogP contribution in [0.3, 0.4) is 0 Å². The van der Waals surface area contributed by atoms with Gasteiger partial charge in [0, 0.05) is 38.0 Å². The first-order chi connectivity index (χ1) is 28.6. The molecule has 1 aliphatic heterocycles. The van der Waals surface area contributed by atoms with Crippen molar-refractivity contribution in [2.24, 2.45) is 17.8 Å². The zero-order valence-corrected chi connectivity index (χ0v) is 34.4. The second-order valence-electron chi connectivity index (χ2n) is 16.6. The molecule has 8 rings (SSSR count). The van der Waals surface area contributed by atoms with Crippen LogP contribution in [0, 0.1) is 17.8 Å². The van der Waals surface area contributed by atoms with Crippen molar-refractivity contribution in [3.63, 3.8) is 0 Å². The highest BCUT2D eigenvalue weighted by molar-refractivity contribution is 5.87. The molecule has 13 heteroatoms. The normalized spacial score (nSPS) is 22.1. The summed E-state index contributed by atoms with van der Waals surface area (Å²) in [6.45, 7) is 7.03. The molecular formula is C46H54N8O5. The number of hydrogen-bond acceptors (Lipinski definition) is 8. The van der Waals surface area contributed by atoms with Crippen LogP contribution >= 0.6 is 0 Å². The summed E-state index contributed by atoms with van der Waals surface area (Å²) < 4.78 is 10.2. The van der Waals surface area contributed by atoms with E-state index in [0.717, 1.165) is 82.8 Å². The maximum Gasteiger partial charge on any atom is 0.407 e. The molecule has 3 unspecified atom stereocenters. The molecule has 4 heterocycles. The van der Waals surface area contributed by atoms with Gasteiger partial charge in [-0.15, -0.1) is 0 Å². The third-order valence-corrected chi connectivity index (χ3v) is 12.8. The Balaban J connectivity index is 0.907. The lowest BCUT2D eigenvalue weighted by Crippen LogP contribution is -2.54. The van der Waals surface area contributed by atoms with E-state index < -0.39 is 18.2 Å². The number of alkyl carbamates (subject to hydrolysis) is 1. The molecule has 0 spiro atoms. The Bertz CT molecular complexity index is 2250. The molecule has 0 radical (unpaired) electrons. The van der Waals surface area contributed by atoms with Crippen LogP contribution < -0.4 is 10.6 Å². The number of methoxy groups -OCH3 is 2. The fraction of sp³-hybridized carbons (Fsp3) is 0.435. The Labute approximate surface area is 345 Å². The molecule has 2 bridgehead atoms. The molecule has 2 saturated carbocycles. The van der Waals surface area contributed by atoms with Crippen LogP contribution in [0.1, 0.15) is 93.7 Å². The number of fused-ring (bicyclic) bond motifs is 2. The zero-order chi connectivity index (χ0) is 41.2. The summed E-state index contributed by atoms with van der Waals surface area (Å²) in [5.41, 5.74) is 8.05. The van der Waals surface area contributed by atoms with E-state index in [1.807, 2.05) is 18.5 Å². The summed E-state index contributed by atoms with van der Waals surface area (Å²) in [7, 11) is 2.77. The third kappa shape index (κ3) is 8.25. The predicted octanol–water partition coefficient (Wildman–Crippen LogP) is 7.52. The molecule has 3 aromatic heterocycles. The number of aromatic amines is 2. The minimum atomic E-state index is -0.886. The number of benzene rings is 2. The number of pyridine rings is 1. The van der Waals surface area contributed by atoms with Gasteiger partial charge in [-0.05, 0) is 90.7 Å². The Morgan fingerprint density at radius 3 is 2.02 bits per heavy atom. The molecule has 3 aliphatic rings. The summed E-state index contributed by atoms with van der Waals surface area (Å²) >= 11 is 0. The number of amides is 3. The predicted molar refractivity (Wildman–Crippen MR) is 224 cm³/mol. The molecule has 4 N–H and O–H groups in total. The second-order valence-corrected chi connectivity index (χ2v) is 16.6. The van der Waals surface area contributed by atoms with Gasteiger partial charge < -0.3 is 35.0 Å². The third-order valence-electron chi connectivity index (χ3n) is 12.8. The number of ether oxygens (including phenoxy) is 2. The first-order valence-electron chi connectivity index (χ1n) is 20.8. The van der Waals surface area contributed by atoms with Crippen molar-refractivity contribution in [1.29, 1.82) is 0 Å². The molecule has 13 nitrogen and oxygen atoms in total. The number of nitrogens with zero attached hydrogens (tertiary/aromatic N) is 4. The Kier molecular flexibility index (Phi) is 11.6. The summed E-state index contributed by atoms with van der Waals surface area (Å²) in [5.74, 6) is 2.70. The number of H-pyrrole nitrogens is 2. The van der Waals surface area contributed by atoms with E-state index in [1.165, 1.54) is 14.2 Å². The lowest BCUT2D eigenvalue weighted by Gasteiger charge is -2.30. The van der Waals surface area contributed by atoms with Gasteiger partial charge in [0.25, 0.3) is 0 Å². The van der Waals surface area contributed by atoms with Crippen molar-refractivity contribution < 1.29 is 23.9 Å². The molecule has 3 fully saturated rings. The van der Waals surface area contributed by atoms with E-state index in [1.54, 1.807) is 18.0 Å². The van der Waals surface area contributed by atoms with Crippen molar-refractivity contribution in [2.75, 3.05) is 20.8 Å². The number of hydrogen-bond donors (Lipinski definition) is 4. The molecule has 59 heavy (non-hydrogen) atoms. The summed E-state index contributed by atoms with van der Waals surface area (Å²) in [6, 6.07) is 19.8. The monoisotopic (exact) mass is 798 g/mol. The van der Waals surface area contributed by atoms with E-state index in [9.17, 15) is 14.4 Å². The van der Waals surface area contributed by atoms with Crippen LogP contribution in [0.25, 0.3) is 33.6 Å².